The number of aromatic nitrogens is 4. The Kier molecular flexibility index (Phi) is 9.12. The van der Waals surface area contributed by atoms with Crippen LogP contribution in [-0.4, -0.2) is 49.2 Å². The van der Waals surface area contributed by atoms with E-state index in [4.69, 9.17) is 0 Å². The van der Waals surface area contributed by atoms with Gasteiger partial charge in [0.25, 0.3) is 11.8 Å². The molecule has 0 saturated carbocycles. The average Bonchev–Trinajstić information content (AvgIpc) is 2.96. The van der Waals surface area contributed by atoms with Gasteiger partial charge in [0, 0.05) is 58.2 Å². The first-order valence-electron chi connectivity index (χ1n) is 13.8. The van der Waals surface area contributed by atoms with E-state index in [1.165, 1.54) is 36.9 Å². The quantitative estimate of drug-likeness (QED) is 0.240. The van der Waals surface area contributed by atoms with Crippen molar-refractivity contribution in [2.24, 2.45) is 5.41 Å². The minimum Gasteiger partial charge on any atom is -0.347 e. The van der Waals surface area contributed by atoms with Gasteiger partial charge < -0.3 is 16.0 Å². The molecule has 0 spiro atoms. The third kappa shape index (κ3) is 8.51. The lowest BCUT2D eigenvalue weighted by atomic mass is 9.95. The lowest BCUT2D eigenvalue weighted by Crippen LogP contribution is -2.40. The summed E-state index contributed by atoms with van der Waals surface area (Å²) < 4.78 is 0. The summed E-state index contributed by atoms with van der Waals surface area (Å²) in [6, 6.07) is 11.9. The third-order valence-electron chi connectivity index (χ3n) is 6.00. The summed E-state index contributed by atoms with van der Waals surface area (Å²) >= 11 is 0. The number of carbonyl (C=O) groups excluding carboxylic acids is 4. The molecular weight excluding hydrogens is 560 g/mol. The monoisotopic (exact) mass is 594 g/mol. The first-order chi connectivity index (χ1) is 20.7. The van der Waals surface area contributed by atoms with Gasteiger partial charge in [0.2, 0.25) is 5.91 Å². The Morgan fingerprint density at radius 1 is 0.568 bits per heavy atom. The van der Waals surface area contributed by atoms with E-state index in [0.717, 1.165) is 0 Å². The van der Waals surface area contributed by atoms with Crippen molar-refractivity contribution in [2.75, 3.05) is 10.6 Å². The Labute approximate surface area is 255 Å². The smallest absolute Gasteiger partial charge is 0.326 e. The number of hydrogen-bond acceptors (Lipinski definition) is 8. The van der Waals surface area contributed by atoms with E-state index in [0.29, 0.717) is 39.7 Å². The van der Waals surface area contributed by atoms with Crippen LogP contribution >= 0.6 is 0 Å². The summed E-state index contributed by atoms with van der Waals surface area (Å²) in [5.41, 5.74) is 2.20. The minimum absolute atomic E-state index is 0.156. The van der Waals surface area contributed by atoms with E-state index in [1.54, 1.807) is 36.4 Å². The number of nitrogens with one attached hydrogen (secondary N) is 4. The van der Waals surface area contributed by atoms with E-state index in [2.05, 4.69) is 41.2 Å². The standard InChI is InChI=1S/C32H34N8O4/c1-31(2,3)29(43)37-21-9-13-35-25(17-21)23-15-19(7-11-33-23)27(41)39-30(44)38-22-10-14-36-26(18-22)24-16-20(8-12-34-24)28(42)40-32(4,5)6/h7-18H,1-6H3,(H,40,42)(H,35,37,43)(H2,36,38,39,41,44). The molecule has 4 N–H and O–H groups in total. The average molecular weight is 595 g/mol. The highest BCUT2D eigenvalue weighted by Crippen LogP contribution is 2.23. The molecule has 0 aliphatic heterocycles. The van der Waals surface area contributed by atoms with Crippen LogP contribution in [0.4, 0.5) is 16.2 Å². The number of amides is 5. The topological polar surface area (TPSA) is 168 Å². The predicted octanol–water partition coefficient (Wildman–Crippen LogP) is 5.08. The predicted molar refractivity (Wildman–Crippen MR) is 167 cm³/mol. The molecule has 0 unspecified atom stereocenters. The molecule has 12 heteroatoms. The Hall–Kier alpha value is -5.52. The van der Waals surface area contributed by atoms with E-state index < -0.39 is 22.9 Å². The molecule has 0 aromatic carbocycles. The highest BCUT2D eigenvalue weighted by molar-refractivity contribution is 6.08. The van der Waals surface area contributed by atoms with Crippen LogP contribution in [0.5, 0.6) is 0 Å². The summed E-state index contributed by atoms with van der Waals surface area (Å²) in [4.78, 5) is 67.8. The summed E-state index contributed by atoms with van der Waals surface area (Å²) in [6.45, 7) is 11.1. The van der Waals surface area contributed by atoms with Crippen LogP contribution in [0.2, 0.25) is 0 Å². The number of hydrogen-bond donors (Lipinski definition) is 4. The molecule has 5 amide bonds. The largest absolute Gasteiger partial charge is 0.347 e. The van der Waals surface area contributed by atoms with Crippen molar-refractivity contribution in [3.8, 4) is 22.8 Å². The Bertz CT molecular complexity index is 1720. The fourth-order valence-electron chi connectivity index (χ4n) is 3.79. The first-order valence-corrected chi connectivity index (χ1v) is 13.8. The lowest BCUT2D eigenvalue weighted by Gasteiger charge is -2.20. The van der Waals surface area contributed by atoms with Gasteiger partial charge in [-0.05, 0) is 69.3 Å². The van der Waals surface area contributed by atoms with Crippen LogP contribution in [-0.2, 0) is 4.79 Å². The van der Waals surface area contributed by atoms with Crippen molar-refractivity contribution in [1.29, 1.82) is 0 Å². The summed E-state index contributed by atoms with van der Waals surface area (Å²) in [5.74, 6) is -1.06. The highest BCUT2D eigenvalue weighted by Gasteiger charge is 2.22. The van der Waals surface area contributed by atoms with Crippen LogP contribution in [0.25, 0.3) is 22.8 Å². The second kappa shape index (κ2) is 12.8. The molecule has 12 nitrogen and oxygen atoms in total. The lowest BCUT2D eigenvalue weighted by molar-refractivity contribution is -0.123. The number of carbonyl (C=O) groups is 4. The fraction of sp³-hybridized carbons (Fsp3) is 0.250. The van der Waals surface area contributed by atoms with Crippen molar-refractivity contribution < 1.29 is 19.2 Å². The zero-order valence-corrected chi connectivity index (χ0v) is 25.4. The van der Waals surface area contributed by atoms with Crippen molar-refractivity contribution in [1.82, 2.24) is 30.6 Å². The molecule has 0 atom stereocenters. The summed E-state index contributed by atoms with van der Waals surface area (Å²) in [6.07, 6.45) is 5.96. The van der Waals surface area contributed by atoms with Gasteiger partial charge in [-0.3, -0.25) is 39.6 Å². The zero-order chi connectivity index (χ0) is 32.1. The molecule has 226 valence electrons. The Morgan fingerprint density at radius 3 is 1.48 bits per heavy atom. The van der Waals surface area contributed by atoms with Gasteiger partial charge in [-0.15, -0.1) is 0 Å². The maximum Gasteiger partial charge on any atom is 0.326 e. The minimum atomic E-state index is -0.762. The van der Waals surface area contributed by atoms with Crippen LogP contribution in [0.1, 0.15) is 62.3 Å². The second-order valence-corrected chi connectivity index (χ2v) is 12.0. The van der Waals surface area contributed by atoms with Crippen LogP contribution < -0.4 is 21.3 Å². The van der Waals surface area contributed by atoms with E-state index in [1.807, 2.05) is 41.5 Å². The van der Waals surface area contributed by atoms with Crippen molar-refractivity contribution in [3.05, 3.63) is 84.4 Å². The van der Waals surface area contributed by atoms with Gasteiger partial charge in [-0.1, -0.05) is 20.8 Å². The number of nitrogens with zero attached hydrogens (tertiary/aromatic N) is 4. The second-order valence-electron chi connectivity index (χ2n) is 12.0. The van der Waals surface area contributed by atoms with Gasteiger partial charge in [-0.25, -0.2) is 4.79 Å². The number of imide groups is 1. The SMILES string of the molecule is CC(C)(C)NC(=O)c1ccnc(-c2cc(NC(=O)NC(=O)c3ccnc(-c4cc(NC(=O)C(C)(C)C)ccn4)c3)ccn2)c1. The molecule has 0 bridgehead atoms. The number of rotatable bonds is 6. The molecule has 0 aliphatic rings. The molecule has 4 aromatic rings. The van der Waals surface area contributed by atoms with Crippen LogP contribution in [0.3, 0.4) is 0 Å². The molecular formula is C32H34N8O4. The number of pyridine rings is 4. The molecule has 0 radical (unpaired) electrons. The van der Waals surface area contributed by atoms with E-state index in [-0.39, 0.29) is 17.4 Å². The molecule has 4 heterocycles. The molecule has 4 rings (SSSR count). The molecule has 44 heavy (non-hydrogen) atoms. The molecule has 0 fully saturated rings. The summed E-state index contributed by atoms with van der Waals surface area (Å²) in [5, 5.41) is 10.7. The normalized spacial score (nSPS) is 11.3. The maximum absolute atomic E-state index is 12.9. The number of anilines is 2. The molecule has 0 saturated heterocycles. The van der Waals surface area contributed by atoms with Gasteiger partial charge >= 0.3 is 6.03 Å². The van der Waals surface area contributed by atoms with E-state index in [9.17, 15) is 19.2 Å². The molecule has 4 aromatic heterocycles. The van der Waals surface area contributed by atoms with Crippen LogP contribution in [0, 0.1) is 5.41 Å². The van der Waals surface area contributed by atoms with Crippen LogP contribution in [0.15, 0.2) is 73.3 Å². The maximum atomic E-state index is 12.9. The van der Waals surface area contributed by atoms with Gasteiger partial charge in [0.05, 0.1) is 22.8 Å². The number of urea groups is 1. The fourth-order valence-corrected chi connectivity index (χ4v) is 3.79. The van der Waals surface area contributed by atoms with Gasteiger partial charge in [0.1, 0.15) is 0 Å². The van der Waals surface area contributed by atoms with Gasteiger partial charge in [0.15, 0.2) is 0 Å². The zero-order valence-electron chi connectivity index (χ0n) is 25.4. The highest BCUT2D eigenvalue weighted by atomic mass is 16.2. The first kappa shape index (κ1) is 31.4. The van der Waals surface area contributed by atoms with Crippen molar-refractivity contribution in [3.63, 3.8) is 0 Å². The van der Waals surface area contributed by atoms with Gasteiger partial charge in [-0.2, -0.15) is 0 Å². The van der Waals surface area contributed by atoms with Crippen molar-refractivity contribution >= 4 is 35.1 Å². The Morgan fingerprint density at radius 2 is 1.00 bits per heavy atom. The third-order valence-corrected chi connectivity index (χ3v) is 6.00. The summed E-state index contributed by atoms with van der Waals surface area (Å²) in [7, 11) is 0. The Balaban J connectivity index is 1.43. The van der Waals surface area contributed by atoms with Crippen molar-refractivity contribution in [2.45, 2.75) is 47.1 Å². The molecule has 0 aliphatic carbocycles. The van der Waals surface area contributed by atoms with E-state index >= 15 is 0 Å².